The lowest BCUT2D eigenvalue weighted by Crippen LogP contribution is -2.37. The van der Waals surface area contributed by atoms with E-state index in [9.17, 15) is 4.79 Å². The van der Waals surface area contributed by atoms with E-state index in [1.54, 1.807) is 7.11 Å². The van der Waals surface area contributed by atoms with Gasteiger partial charge < -0.3 is 10.1 Å². The highest BCUT2D eigenvalue weighted by molar-refractivity contribution is 7.22. The summed E-state index contributed by atoms with van der Waals surface area (Å²) in [6.45, 7) is 2.06. The van der Waals surface area contributed by atoms with Crippen LogP contribution >= 0.6 is 11.3 Å². The van der Waals surface area contributed by atoms with Gasteiger partial charge in [-0.15, -0.1) is 0 Å². The molecule has 5 rings (SSSR count). The van der Waals surface area contributed by atoms with Crippen LogP contribution in [0.2, 0.25) is 0 Å². The van der Waals surface area contributed by atoms with Crippen LogP contribution in [-0.2, 0) is 11.2 Å². The fourth-order valence-electron chi connectivity index (χ4n) is 4.54. The molecule has 3 aromatic carbocycles. The average molecular weight is 415 g/mol. The van der Waals surface area contributed by atoms with Gasteiger partial charge in [-0.3, -0.25) is 4.79 Å². The number of amides is 1. The largest absolute Gasteiger partial charge is 0.497 e. The van der Waals surface area contributed by atoms with E-state index in [1.807, 2.05) is 48.5 Å². The minimum atomic E-state index is -0.631. The lowest BCUT2D eigenvalue weighted by Gasteiger charge is -2.31. The molecule has 4 nitrogen and oxygen atoms in total. The molecule has 0 radical (unpaired) electrons. The Balaban J connectivity index is 1.55. The number of ether oxygens (including phenoxy) is 1. The maximum atomic E-state index is 13.6. The number of rotatable bonds is 4. The number of anilines is 1. The van der Waals surface area contributed by atoms with E-state index in [-0.39, 0.29) is 11.8 Å². The van der Waals surface area contributed by atoms with Gasteiger partial charge in [-0.05, 0) is 54.3 Å². The van der Waals surface area contributed by atoms with Gasteiger partial charge in [-0.2, -0.15) is 0 Å². The van der Waals surface area contributed by atoms with Crippen LogP contribution in [0, 0.1) is 5.41 Å². The van der Waals surface area contributed by atoms with Gasteiger partial charge in [0.15, 0.2) is 5.13 Å². The van der Waals surface area contributed by atoms with Crippen LogP contribution in [0.1, 0.15) is 29.5 Å². The molecule has 0 spiro atoms. The summed E-state index contributed by atoms with van der Waals surface area (Å²) < 4.78 is 6.54. The van der Waals surface area contributed by atoms with Crippen LogP contribution < -0.4 is 10.1 Å². The molecule has 1 amide bonds. The fourth-order valence-corrected chi connectivity index (χ4v) is 5.40. The number of aromatic nitrogens is 1. The van der Waals surface area contributed by atoms with Gasteiger partial charge in [0.1, 0.15) is 5.75 Å². The van der Waals surface area contributed by atoms with Crippen molar-refractivity contribution in [3.05, 3.63) is 89.5 Å². The molecular weight excluding hydrogens is 392 g/mol. The van der Waals surface area contributed by atoms with Gasteiger partial charge in [0.05, 0.1) is 22.7 Å². The average Bonchev–Trinajstić information content (AvgIpc) is 3.31. The second kappa shape index (κ2) is 7.26. The van der Waals surface area contributed by atoms with Crippen LogP contribution in [0.3, 0.4) is 0 Å². The Morgan fingerprint density at radius 3 is 2.63 bits per heavy atom. The molecule has 0 saturated carbocycles. The van der Waals surface area contributed by atoms with E-state index >= 15 is 0 Å². The highest BCUT2D eigenvalue weighted by atomic mass is 32.1. The van der Waals surface area contributed by atoms with Crippen LogP contribution in [0.5, 0.6) is 5.75 Å². The monoisotopic (exact) mass is 414 g/mol. The molecule has 0 fully saturated rings. The van der Waals surface area contributed by atoms with Gasteiger partial charge in [-0.25, -0.2) is 4.98 Å². The molecule has 1 aliphatic rings. The fraction of sp³-hybridized carbons (Fsp3) is 0.200. The highest BCUT2D eigenvalue weighted by Gasteiger charge is 2.49. The third-order valence-corrected chi connectivity index (χ3v) is 6.98. The van der Waals surface area contributed by atoms with E-state index in [2.05, 4.69) is 41.5 Å². The van der Waals surface area contributed by atoms with Crippen molar-refractivity contribution in [1.29, 1.82) is 0 Å². The van der Waals surface area contributed by atoms with E-state index in [1.165, 1.54) is 16.9 Å². The lowest BCUT2D eigenvalue weighted by atomic mass is 9.73. The maximum Gasteiger partial charge on any atom is 0.233 e. The molecule has 1 N–H and O–H groups in total. The number of carbonyl (C=O) groups is 1. The normalized spacial score (nSPS) is 20.1. The first-order chi connectivity index (χ1) is 14.6. The third-order valence-electron chi connectivity index (χ3n) is 6.02. The van der Waals surface area contributed by atoms with Crippen molar-refractivity contribution < 1.29 is 9.53 Å². The first kappa shape index (κ1) is 18.8. The minimum Gasteiger partial charge on any atom is -0.497 e. The molecule has 0 aliphatic heterocycles. The Labute approximate surface area is 179 Å². The summed E-state index contributed by atoms with van der Waals surface area (Å²) in [5.41, 5.74) is 3.75. The number of hydrogen-bond acceptors (Lipinski definition) is 4. The zero-order valence-electron chi connectivity index (χ0n) is 16.9. The standard InChI is InChI=1S/C25H22N2O2S/c1-25(23(28)27-24-26-20-10-6-7-11-21(20)30-24)15-17-12-13-18(29-2)14-19(17)22(25)16-8-4-3-5-9-16/h3-14,22H,15H2,1-2H3,(H,26,27,28)/t22-,25+/m0/s1. The van der Waals surface area contributed by atoms with E-state index < -0.39 is 5.41 Å². The zero-order valence-corrected chi connectivity index (χ0v) is 17.7. The van der Waals surface area contributed by atoms with E-state index in [0.29, 0.717) is 11.6 Å². The number of nitrogens with one attached hydrogen (secondary N) is 1. The van der Waals surface area contributed by atoms with Gasteiger partial charge in [0, 0.05) is 5.92 Å². The SMILES string of the molecule is COc1ccc2c(c1)[C@H](c1ccccc1)[C@](C)(C(=O)Nc1nc3ccccc3s1)C2. The van der Waals surface area contributed by atoms with Gasteiger partial charge in [0.2, 0.25) is 5.91 Å². The van der Waals surface area contributed by atoms with Crippen LogP contribution in [-0.4, -0.2) is 18.0 Å². The molecule has 1 aromatic heterocycles. The maximum absolute atomic E-state index is 13.6. The molecule has 0 saturated heterocycles. The van der Waals surface area contributed by atoms with E-state index in [4.69, 9.17) is 4.74 Å². The second-order valence-electron chi connectivity index (χ2n) is 7.94. The highest BCUT2D eigenvalue weighted by Crippen LogP contribution is 2.52. The van der Waals surface area contributed by atoms with Crippen molar-refractivity contribution in [3.8, 4) is 5.75 Å². The Morgan fingerprint density at radius 1 is 1.10 bits per heavy atom. The Bertz CT molecular complexity index is 1200. The van der Waals surface area contributed by atoms with Crippen molar-refractivity contribution >= 4 is 32.6 Å². The number of para-hydroxylation sites is 1. The van der Waals surface area contributed by atoms with Crippen LogP contribution in [0.15, 0.2) is 72.8 Å². The number of carbonyl (C=O) groups excluding carboxylic acids is 1. The molecule has 5 heteroatoms. The topological polar surface area (TPSA) is 51.2 Å². The summed E-state index contributed by atoms with van der Waals surface area (Å²) in [6, 6.07) is 24.3. The number of methoxy groups -OCH3 is 1. The molecule has 0 unspecified atom stereocenters. The lowest BCUT2D eigenvalue weighted by molar-refractivity contribution is -0.125. The Kier molecular flexibility index (Phi) is 4.55. The first-order valence-corrected chi connectivity index (χ1v) is 10.8. The first-order valence-electron chi connectivity index (χ1n) is 9.97. The van der Waals surface area contributed by atoms with Crippen LogP contribution in [0.4, 0.5) is 5.13 Å². The molecular formula is C25H22N2O2S. The van der Waals surface area contributed by atoms with Crippen molar-refractivity contribution in [2.45, 2.75) is 19.3 Å². The summed E-state index contributed by atoms with van der Waals surface area (Å²) in [5, 5.41) is 3.76. The summed E-state index contributed by atoms with van der Waals surface area (Å²) in [4.78, 5) is 18.2. The molecule has 1 aliphatic carbocycles. The van der Waals surface area contributed by atoms with Crippen LogP contribution in [0.25, 0.3) is 10.2 Å². The Morgan fingerprint density at radius 2 is 1.87 bits per heavy atom. The van der Waals surface area contributed by atoms with Crippen molar-refractivity contribution in [2.24, 2.45) is 5.41 Å². The number of thiazole rings is 1. The van der Waals surface area contributed by atoms with Crippen molar-refractivity contribution in [2.75, 3.05) is 12.4 Å². The van der Waals surface area contributed by atoms with Crippen molar-refractivity contribution in [1.82, 2.24) is 4.98 Å². The molecule has 4 aromatic rings. The number of hydrogen-bond donors (Lipinski definition) is 1. The minimum absolute atomic E-state index is 0.00873. The quantitative estimate of drug-likeness (QED) is 0.470. The summed E-state index contributed by atoms with van der Waals surface area (Å²) in [7, 11) is 1.67. The molecule has 30 heavy (non-hydrogen) atoms. The Hall–Kier alpha value is -3.18. The number of benzene rings is 3. The number of fused-ring (bicyclic) bond motifs is 2. The zero-order chi connectivity index (χ0) is 20.7. The summed E-state index contributed by atoms with van der Waals surface area (Å²) in [6.07, 6.45) is 0.669. The predicted octanol–water partition coefficient (Wildman–Crippen LogP) is 5.64. The van der Waals surface area contributed by atoms with Gasteiger partial charge in [0.25, 0.3) is 0 Å². The second-order valence-corrected chi connectivity index (χ2v) is 8.97. The van der Waals surface area contributed by atoms with Crippen molar-refractivity contribution in [3.63, 3.8) is 0 Å². The predicted molar refractivity (Wildman–Crippen MR) is 121 cm³/mol. The molecule has 150 valence electrons. The van der Waals surface area contributed by atoms with E-state index in [0.717, 1.165) is 27.1 Å². The molecule has 2 atom stereocenters. The summed E-state index contributed by atoms with van der Waals surface area (Å²) in [5.74, 6) is 0.745. The van der Waals surface area contributed by atoms with Gasteiger partial charge >= 0.3 is 0 Å². The molecule has 1 heterocycles. The summed E-state index contributed by atoms with van der Waals surface area (Å²) >= 11 is 1.51. The van der Waals surface area contributed by atoms with Gasteiger partial charge in [-0.1, -0.05) is 59.9 Å². The molecule has 0 bridgehead atoms. The number of nitrogens with zero attached hydrogens (tertiary/aromatic N) is 1. The third kappa shape index (κ3) is 3.06. The smallest absolute Gasteiger partial charge is 0.233 e.